The van der Waals surface area contributed by atoms with Gasteiger partial charge in [-0.3, -0.25) is 4.84 Å². The van der Waals surface area contributed by atoms with E-state index in [4.69, 9.17) is 9.57 Å². The number of esters is 1. The number of aromatic nitrogens is 1. The van der Waals surface area contributed by atoms with Gasteiger partial charge < -0.3 is 4.74 Å². The molecular weight excluding hydrogens is 202 g/mol. The lowest BCUT2D eigenvalue weighted by atomic mass is 10.3. The van der Waals surface area contributed by atoms with Gasteiger partial charge in [0.25, 0.3) is 0 Å². The Kier molecular flexibility index (Phi) is 4.25. The van der Waals surface area contributed by atoms with Crippen LogP contribution in [0.1, 0.15) is 17.4 Å². The summed E-state index contributed by atoms with van der Waals surface area (Å²) in [6, 6.07) is 5.14. The summed E-state index contributed by atoms with van der Waals surface area (Å²) in [7, 11) is 0. The van der Waals surface area contributed by atoms with Crippen molar-refractivity contribution in [3.05, 3.63) is 30.1 Å². The van der Waals surface area contributed by atoms with E-state index in [9.17, 15) is 4.79 Å². The summed E-state index contributed by atoms with van der Waals surface area (Å²) in [6.45, 7) is 2.32. The molecule has 0 aliphatic heterocycles. The molecule has 5 heteroatoms. The maximum atomic E-state index is 11.4. The highest BCUT2D eigenvalue weighted by Crippen LogP contribution is 1.95. The van der Waals surface area contributed by atoms with Crippen LogP contribution in [0.5, 0.6) is 0 Å². The maximum absolute atomic E-state index is 11.4. The first-order valence-electron chi connectivity index (χ1n) is 4.21. The smallest absolute Gasteiger partial charge is 0.409 e. The lowest BCUT2D eigenvalue weighted by molar-refractivity contribution is -0.892. The second kappa shape index (κ2) is 5.49. The Bertz CT molecular complexity index is 317. The molecule has 0 spiro atoms. The van der Waals surface area contributed by atoms with E-state index in [1.807, 2.05) is 6.92 Å². The van der Waals surface area contributed by atoms with E-state index in [0.717, 1.165) is 0 Å². The molecule has 76 valence electrons. The summed E-state index contributed by atoms with van der Waals surface area (Å²) >= 11 is 3.80. The molecule has 0 amide bonds. The molecule has 1 aromatic rings. The number of hydrogen-bond acceptors (Lipinski definition) is 4. The molecule has 0 fully saturated rings. The molecule has 0 radical (unpaired) electrons. The third-order valence-electron chi connectivity index (χ3n) is 1.50. The number of hydrogen-bond donors (Lipinski definition) is 1. The summed E-state index contributed by atoms with van der Waals surface area (Å²) < 4.78 is 6.12. The lowest BCUT2D eigenvalue weighted by Crippen LogP contribution is -2.47. The summed E-state index contributed by atoms with van der Waals surface area (Å²) in [5, 5.41) is 0. The SMILES string of the molecule is CCO[n+]1ccccc1C(=O)OCS. The van der Waals surface area contributed by atoms with Crippen molar-refractivity contribution in [1.82, 2.24) is 0 Å². The fourth-order valence-electron chi connectivity index (χ4n) is 0.971. The van der Waals surface area contributed by atoms with E-state index >= 15 is 0 Å². The quantitative estimate of drug-likeness (QED) is 0.343. The zero-order valence-corrected chi connectivity index (χ0v) is 8.74. The summed E-state index contributed by atoms with van der Waals surface area (Å²) in [5.41, 5.74) is 0.350. The van der Waals surface area contributed by atoms with Crippen molar-refractivity contribution in [2.45, 2.75) is 6.92 Å². The number of ether oxygens (including phenoxy) is 1. The molecule has 0 saturated heterocycles. The molecule has 0 saturated carbocycles. The first-order valence-corrected chi connectivity index (χ1v) is 4.84. The average Bonchev–Trinajstić information content (AvgIpc) is 2.19. The Hall–Kier alpha value is -1.23. The van der Waals surface area contributed by atoms with Crippen LogP contribution in [0.15, 0.2) is 24.4 Å². The molecule has 4 nitrogen and oxygen atoms in total. The second-order valence-corrected chi connectivity index (χ2v) is 2.65. The Morgan fingerprint density at radius 2 is 2.36 bits per heavy atom. The fraction of sp³-hybridized carbons (Fsp3) is 0.333. The molecule has 1 aromatic heterocycles. The number of pyridine rings is 1. The molecule has 0 aromatic carbocycles. The van der Waals surface area contributed by atoms with Crippen LogP contribution in [-0.2, 0) is 4.74 Å². The van der Waals surface area contributed by atoms with Gasteiger partial charge in [0.15, 0.2) is 6.61 Å². The molecule has 0 N–H and O–H groups in total. The van der Waals surface area contributed by atoms with Crippen LogP contribution in [0, 0.1) is 0 Å². The monoisotopic (exact) mass is 214 g/mol. The highest BCUT2D eigenvalue weighted by atomic mass is 32.1. The van der Waals surface area contributed by atoms with Crippen LogP contribution in [0.2, 0.25) is 0 Å². The number of thiol groups is 1. The normalized spacial score (nSPS) is 9.57. The van der Waals surface area contributed by atoms with Crippen LogP contribution in [0.25, 0.3) is 0 Å². The van der Waals surface area contributed by atoms with Gasteiger partial charge >= 0.3 is 11.7 Å². The molecular formula is C9H12NO3S+. The highest BCUT2D eigenvalue weighted by molar-refractivity contribution is 7.80. The van der Waals surface area contributed by atoms with E-state index in [0.29, 0.717) is 12.3 Å². The Labute approximate surface area is 87.8 Å². The minimum atomic E-state index is -0.450. The topological polar surface area (TPSA) is 39.4 Å². The minimum Gasteiger partial charge on any atom is -0.447 e. The van der Waals surface area contributed by atoms with Gasteiger partial charge in [-0.1, -0.05) is 0 Å². The lowest BCUT2D eigenvalue weighted by Gasteiger charge is -2.00. The van der Waals surface area contributed by atoms with Gasteiger partial charge in [0, 0.05) is 16.9 Å². The standard InChI is InChI=1S/C9H11NO3S/c1-2-13-10-6-4-3-5-8(10)9(11)12-7-14/h3-6H,2,7H2,1H3/p+1. The molecule has 0 unspecified atom stereocenters. The van der Waals surface area contributed by atoms with Crippen molar-refractivity contribution >= 4 is 18.6 Å². The van der Waals surface area contributed by atoms with Crippen molar-refractivity contribution in [2.24, 2.45) is 0 Å². The Balaban J connectivity index is 2.88. The van der Waals surface area contributed by atoms with Crippen molar-refractivity contribution in [1.29, 1.82) is 0 Å². The molecule has 14 heavy (non-hydrogen) atoms. The van der Waals surface area contributed by atoms with Crippen LogP contribution in [0.3, 0.4) is 0 Å². The van der Waals surface area contributed by atoms with E-state index in [-0.39, 0.29) is 5.94 Å². The van der Waals surface area contributed by atoms with Gasteiger partial charge in [-0.15, -0.1) is 12.6 Å². The van der Waals surface area contributed by atoms with Gasteiger partial charge in [0.05, 0.1) is 0 Å². The molecule has 0 atom stereocenters. The molecule has 0 aliphatic carbocycles. The largest absolute Gasteiger partial charge is 0.447 e. The van der Waals surface area contributed by atoms with Gasteiger partial charge in [0.1, 0.15) is 5.94 Å². The Morgan fingerprint density at radius 1 is 1.57 bits per heavy atom. The fourth-order valence-corrected chi connectivity index (χ4v) is 1.09. The predicted molar refractivity (Wildman–Crippen MR) is 53.0 cm³/mol. The number of nitrogens with zero attached hydrogens (tertiary/aromatic N) is 1. The van der Waals surface area contributed by atoms with Crippen molar-refractivity contribution < 1.29 is 19.1 Å². The minimum absolute atomic E-state index is 0.0554. The molecule has 0 aliphatic rings. The van der Waals surface area contributed by atoms with E-state index < -0.39 is 5.97 Å². The third-order valence-corrected chi connectivity index (χ3v) is 1.63. The third kappa shape index (κ3) is 2.63. The second-order valence-electron chi connectivity index (χ2n) is 2.39. The van der Waals surface area contributed by atoms with Crippen LogP contribution < -0.4 is 9.57 Å². The number of carbonyl (C=O) groups is 1. The van der Waals surface area contributed by atoms with Gasteiger partial charge in [-0.05, 0) is 13.0 Å². The van der Waals surface area contributed by atoms with Gasteiger partial charge in [0.2, 0.25) is 6.20 Å². The Morgan fingerprint density at radius 3 is 3.00 bits per heavy atom. The first kappa shape index (κ1) is 10.8. The summed E-state index contributed by atoms with van der Waals surface area (Å²) in [4.78, 5) is 16.6. The van der Waals surface area contributed by atoms with Gasteiger partial charge in [-0.25, -0.2) is 4.79 Å². The predicted octanol–water partition coefficient (Wildman–Crippen LogP) is 0.467. The van der Waals surface area contributed by atoms with Gasteiger partial charge in [-0.2, -0.15) is 0 Å². The van der Waals surface area contributed by atoms with E-state index in [1.54, 1.807) is 24.4 Å². The average molecular weight is 214 g/mol. The molecule has 1 heterocycles. The maximum Gasteiger partial charge on any atom is 0.409 e. The van der Waals surface area contributed by atoms with Crippen molar-refractivity contribution in [3.63, 3.8) is 0 Å². The number of rotatable bonds is 4. The zero-order valence-electron chi connectivity index (χ0n) is 7.84. The van der Waals surface area contributed by atoms with E-state index in [2.05, 4.69) is 12.6 Å². The number of carbonyl (C=O) groups excluding carboxylic acids is 1. The van der Waals surface area contributed by atoms with Crippen molar-refractivity contribution in [2.75, 3.05) is 12.5 Å². The highest BCUT2D eigenvalue weighted by Gasteiger charge is 2.21. The molecule has 0 bridgehead atoms. The first-order chi connectivity index (χ1) is 6.79. The van der Waals surface area contributed by atoms with E-state index in [1.165, 1.54) is 4.73 Å². The van der Waals surface area contributed by atoms with Crippen LogP contribution in [0.4, 0.5) is 0 Å². The van der Waals surface area contributed by atoms with Crippen molar-refractivity contribution in [3.8, 4) is 0 Å². The van der Waals surface area contributed by atoms with Crippen LogP contribution >= 0.6 is 12.6 Å². The molecule has 1 rings (SSSR count). The summed E-state index contributed by atoms with van der Waals surface area (Å²) in [6.07, 6.45) is 1.65. The zero-order chi connectivity index (χ0) is 10.4. The van der Waals surface area contributed by atoms with Crippen LogP contribution in [-0.4, -0.2) is 18.5 Å². The summed E-state index contributed by atoms with van der Waals surface area (Å²) in [5.74, 6) is -0.395.